The van der Waals surface area contributed by atoms with Gasteiger partial charge in [0.25, 0.3) is 0 Å². The third-order valence-electron chi connectivity index (χ3n) is 3.95. The molecule has 0 radical (unpaired) electrons. The van der Waals surface area contributed by atoms with Crippen LogP contribution in [0.4, 0.5) is 20.2 Å². The van der Waals surface area contributed by atoms with Crippen molar-refractivity contribution in [3.05, 3.63) is 53.6 Å². The average Bonchev–Trinajstić information content (AvgIpc) is 2.57. The third kappa shape index (κ3) is 5.67. The molecule has 0 aliphatic carbocycles. The van der Waals surface area contributed by atoms with Gasteiger partial charge in [-0.05, 0) is 66.9 Å². The molecule has 0 aliphatic heterocycles. The highest BCUT2D eigenvalue weighted by Crippen LogP contribution is 2.27. The Morgan fingerprint density at radius 3 is 2.40 bits per heavy atom. The van der Waals surface area contributed by atoms with Gasteiger partial charge in [-0.3, -0.25) is 0 Å². The number of aryl methyl sites for hydroxylation is 1. The number of thiocarbonyl (C=S) groups is 1. The minimum Gasteiger partial charge on any atom is -0.433 e. The molecule has 0 fully saturated rings. The molecule has 0 heterocycles. The summed E-state index contributed by atoms with van der Waals surface area (Å²) in [6.45, 7) is 3.24. The molecule has 0 saturated carbocycles. The third-order valence-corrected chi connectivity index (χ3v) is 4.16. The lowest BCUT2D eigenvalue weighted by Crippen LogP contribution is -2.20. The van der Waals surface area contributed by atoms with Gasteiger partial charge in [-0.1, -0.05) is 32.0 Å². The van der Waals surface area contributed by atoms with Crippen molar-refractivity contribution in [1.29, 1.82) is 0 Å². The van der Waals surface area contributed by atoms with Gasteiger partial charge in [0.1, 0.15) is 5.75 Å². The lowest BCUT2D eigenvalue weighted by atomic mass is 9.99. The highest BCUT2D eigenvalue weighted by molar-refractivity contribution is 7.80. The number of ether oxygens (including phenoxy) is 1. The predicted molar refractivity (Wildman–Crippen MR) is 103 cm³/mol. The quantitative estimate of drug-likeness (QED) is 0.624. The van der Waals surface area contributed by atoms with Crippen LogP contribution in [0.3, 0.4) is 0 Å². The van der Waals surface area contributed by atoms with Crippen LogP contribution in [0, 0.1) is 6.92 Å². The SMILES string of the molecule is CCC(C)c1ccc(NC(=S)Nc2ccc(C)cc2OC(F)F)cc1. The van der Waals surface area contributed by atoms with Gasteiger partial charge in [-0.2, -0.15) is 8.78 Å². The van der Waals surface area contributed by atoms with Gasteiger partial charge in [-0.15, -0.1) is 0 Å². The van der Waals surface area contributed by atoms with Crippen LogP contribution in [-0.2, 0) is 0 Å². The molecular formula is C19H22F2N2OS. The fraction of sp³-hybridized carbons (Fsp3) is 0.316. The van der Waals surface area contributed by atoms with Gasteiger partial charge >= 0.3 is 6.61 Å². The lowest BCUT2D eigenvalue weighted by Gasteiger charge is -2.15. The van der Waals surface area contributed by atoms with E-state index in [9.17, 15) is 8.78 Å². The van der Waals surface area contributed by atoms with Crippen LogP contribution in [0.25, 0.3) is 0 Å². The summed E-state index contributed by atoms with van der Waals surface area (Å²) in [5, 5.41) is 6.25. The summed E-state index contributed by atoms with van der Waals surface area (Å²) < 4.78 is 29.6. The number of anilines is 2. The van der Waals surface area contributed by atoms with Crippen LogP contribution in [0.1, 0.15) is 37.3 Å². The molecule has 2 aromatic rings. The largest absolute Gasteiger partial charge is 0.433 e. The van der Waals surface area contributed by atoms with Gasteiger partial charge in [-0.25, -0.2) is 0 Å². The van der Waals surface area contributed by atoms with E-state index in [-0.39, 0.29) is 5.75 Å². The number of benzene rings is 2. The Hall–Kier alpha value is -2.21. The zero-order valence-corrected chi connectivity index (χ0v) is 15.3. The number of nitrogens with one attached hydrogen (secondary N) is 2. The minimum atomic E-state index is -2.89. The maximum atomic E-state index is 12.6. The number of rotatable bonds is 6. The van der Waals surface area contributed by atoms with E-state index >= 15 is 0 Å². The first-order valence-electron chi connectivity index (χ1n) is 8.12. The molecule has 1 unspecified atom stereocenters. The monoisotopic (exact) mass is 364 g/mol. The van der Waals surface area contributed by atoms with Crippen molar-refractivity contribution >= 4 is 28.7 Å². The maximum Gasteiger partial charge on any atom is 0.387 e. The van der Waals surface area contributed by atoms with E-state index in [1.165, 1.54) is 11.6 Å². The Kier molecular flexibility index (Phi) is 6.70. The van der Waals surface area contributed by atoms with E-state index in [4.69, 9.17) is 12.2 Å². The van der Waals surface area contributed by atoms with Gasteiger partial charge in [0.05, 0.1) is 5.69 Å². The van der Waals surface area contributed by atoms with Crippen LogP contribution in [0.5, 0.6) is 5.75 Å². The summed E-state index contributed by atoms with van der Waals surface area (Å²) in [6, 6.07) is 13.0. The van der Waals surface area contributed by atoms with Gasteiger partial charge in [0.15, 0.2) is 5.11 Å². The molecule has 2 rings (SSSR count). The molecule has 0 aliphatic rings. The number of halogens is 2. The van der Waals surface area contributed by atoms with E-state index in [2.05, 4.69) is 41.4 Å². The van der Waals surface area contributed by atoms with Crippen LogP contribution in [0.2, 0.25) is 0 Å². The van der Waals surface area contributed by atoms with Gasteiger partial charge < -0.3 is 15.4 Å². The van der Waals surface area contributed by atoms with Crippen LogP contribution < -0.4 is 15.4 Å². The van der Waals surface area contributed by atoms with Crippen molar-refractivity contribution in [3.63, 3.8) is 0 Å². The van der Waals surface area contributed by atoms with E-state index in [1.807, 2.05) is 12.1 Å². The zero-order valence-electron chi connectivity index (χ0n) is 14.5. The molecule has 2 aromatic carbocycles. The lowest BCUT2D eigenvalue weighted by molar-refractivity contribution is -0.0493. The molecule has 25 heavy (non-hydrogen) atoms. The highest BCUT2D eigenvalue weighted by Gasteiger charge is 2.11. The second-order valence-electron chi connectivity index (χ2n) is 5.89. The van der Waals surface area contributed by atoms with Crippen molar-refractivity contribution in [1.82, 2.24) is 0 Å². The van der Waals surface area contributed by atoms with Crippen molar-refractivity contribution in [2.45, 2.75) is 39.7 Å². The molecule has 0 spiro atoms. The summed E-state index contributed by atoms with van der Waals surface area (Å²) in [7, 11) is 0. The first kappa shape index (κ1) is 19.1. The Labute approximate surface area is 152 Å². The Bertz CT molecular complexity index is 720. The molecule has 0 aromatic heterocycles. The van der Waals surface area contributed by atoms with Crippen molar-refractivity contribution in [2.24, 2.45) is 0 Å². The first-order valence-corrected chi connectivity index (χ1v) is 8.53. The Morgan fingerprint density at radius 2 is 1.80 bits per heavy atom. The fourth-order valence-corrected chi connectivity index (χ4v) is 2.57. The topological polar surface area (TPSA) is 33.3 Å². The molecule has 6 heteroatoms. The summed E-state index contributed by atoms with van der Waals surface area (Å²) in [5.41, 5.74) is 3.30. The highest BCUT2D eigenvalue weighted by atomic mass is 32.1. The Balaban J connectivity index is 2.05. The minimum absolute atomic E-state index is 0.0614. The van der Waals surface area contributed by atoms with Crippen molar-refractivity contribution in [3.8, 4) is 5.75 Å². The van der Waals surface area contributed by atoms with Crippen molar-refractivity contribution in [2.75, 3.05) is 10.6 Å². The smallest absolute Gasteiger partial charge is 0.387 e. The predicted octanol–water partition coefficient (Wildman–Crippen LogP) is 5.92. The van der Waals surface area contributed by atoms with Crippen molar-refractivity contribution < 1.29 is 13.5 Å². The second kappa shape index (κ2) is 8.76. The normalized spacial score (nSPS) is 11.9. The average molecular weight is 364 g/mol. The summed E-state index contributed by atoms with van der Waals surface area (Å²) >= 11 is 5.27. The standard InChI is InChI=1S/C19H22F2N2OS/c1-4-13(3)14-6-8-15(9-7-14)22-19(25)23-16-10-5-12(2)11-17(16)24-18(20)21/h5-11,13,18H,4H2,1-3H3,(H2,22,23,25). The maximum absolute atomic E-state index is 12.6. The van der Waals surface area contributed by atoms with Crippen LogP contribution in [-0.4, -0.2) is 11.7 Å². The van der Waals surface area contributed by atoms with Gasteiger partial charge in [0, 0.05) is 5.69 Å². The number of hydrogen-bond acceptors (Lipinski definition) is 2. The zero-order chi connectivity index (χ0) is 18.4. The molecule has 0 bridgehead atoms. The first-order chi connectivity index (χ1) is 11.9. The van der Waals surface area contributed by atoms with E-state index in [0.29, 0.717) is 16.7 Å². The molecule has 3 nitrogen and oxygen atoms in total. The Morgan fingerprint density at radius 1 is 1.12 bits per heavy atom. The van der Waals surface area contributed by atoms with Gasteiger partial charge in [0.2, 0.25) is 0 Å². The number of alkyl halides is 2. The van der Waals surface area contributed by atoms with Crippen LogP contribution >= 0.6 is 12.2 Å². The summed E-state index contributed by atoms with van der Waals surface area (Å²) in [5.74, 6) is 0.562. The summed E-state index contributed by atoms with van der Waals surface area (Å²) in [6.07, 6.45) is 1.08. The second-order valence-corrected chi connectivity index (χ2v) is 6.30. The molecule has 134 valence electrons. The molecule has 0 saturated heterocycles. The van der Waals surface area contributed by atoms with E-state index in [1.54, 1.807) is 19.1 Å². The molecule has 1 atom stereocenters. The van der Waals surface area contributed by atoms with E-state index < -0.39 is 6.61 Å². The van der Waals surface area contributed by atoms with E-state index in [0.717, 1.165) is 17.7 Å². The number of hydrogen-bond donors (Lipinski definition) is 2. The molecule has 2 N–H and O–H groups in total. The van der Waals surface area contributed by atoms with Crippen LogP contribution in [0.15, 0.2) is 42.5 Å². The molecular weight excluding hydrogens is 342 g/mol. The fourth-order valence-electron chi connectivity index (χ4n) is 2.34. The molecule has 0 amide bonds. The summed E-state index contributed by atoms with van der Waals surface area (Å²) in [4.78, 5) is 0.